The zero-order valence-electron chi connectivity index (χ0n) is 13.5. The van der Waals surface area contributed by atoms with E-state index in [0.29, 0.717) is 13.0 Å². The number of ether oxygens (including phenoxy) is 1. The monoisotopic (exact) mass is 295 g/mol. The third-order valence-corrected chi connectivity index (χ3v) is 3.57. The van der Waals surface area contributed by atoms with E-state index in [1.807, 2.05) is 6.92 Å². The lowest BCUT2D eigenvalue weighted by molar-refractivity contribution is 0.300. The summed E-state index contributed by atoms with van der Waals surface area (Å²) in [6.07, 6.45) is 9.47. The first-order chi connectivity index (χ1) is 10.1. The Labute approximate surface area is 128 Å². The Kier molecular flexibility index (Phi) is 9.07. The van der Waals surface area contributed by atoms with Gasteiger partial charge in [-0.15, -0.1) is 0 Å². The first-order valence-electron chi connectivity index (χ1n) is 8.30. The number of hydrogen-bond donors (Lipinski definition) is 1. The number of halogens is 1. The van der Waals surface area contributed by atoms with Crippen LogP contribution in [0.15, 0.2) is 18.2 Å². The third-order valence-electron chi connectivity index (χ3n) is 3.57. The van der Waals surface area contributed by atoms with E-state index < -0.39 is 0 Å². The van der Waals surface area contributed by atoms with E-state index in [2.05, 4.69) is 6.92 Å². The van der Waals surface area contributed by atoms with Crippen LogP contribution in [0.4, 0.5) is 4.39 Å². The number of rotatable bonds is 11. The molecule has 0 aliphatic heterocycles. The molecule has 0 fully saturated rings. The summed E-state index contributed by atoms with van der Waals surface area (Å²) in [7, 11) is 0. The Morgan fingerprint density at radius 2 is 1.76 bits per heavy atom. The number of hydrogen-bond acceptors (Lipinski definition) is 2. The summed E-state index contributed by atoms with van der Waals surface area (Å²) in [4.78, 5) is 0. The minimum atomic E-state index is -0.228. The summed E-state index contributed by atoms with van der Waals surface area (Å²) in [5.74, 6) is 0.550. The molecule has 3 heteroatoms. The predicted octanol–water partition coefficient (Wildman–Crippen LogP) is 4.84. The fourth-order valence-corrected chi connectivity index (χ4v) is 2.44. The number of benzene rings is 1. The van der Waals surface area contributed by atoms with Crippen molar-refractivity contribution in [3.05, 3.63) is 29.6 Å². The van der Waals surface area contributed by atoms with E-state index in [9.17, 15) is 4.39 Å². The molecule has 0 radical (unpaired) electrons. The van der Waals surface area contributed by atoms with Crippen molar-refractivity contribution in [1.82, 2.24) is 0 Å². The molecule has 0 heterocycles. The second-order valence-electron chi connectivity index (χ2n) is 5.90. The summed E-state index contributed by atoms with van der Waals surface area (Å²) >= 11 is 0. The largest absolute Gasteiger partial charge is 0.493 e. The molecule has 0 aromatic heterocycles. The zero-order valence-corrected chi connectivity index (χ0v) is 13.5. The second kappa shape index (κ2) is 10.6. The Hall–Kier alpha value is -1.09. The zero-order chi connectivity index (χ0) is 15.5. The predicted molar refractivity (Wildman–Crippen MR) is 87.2 cm³/mol. The maximum atomic E-state index is 13.3. The lowest BCUT2D eigenvalue weighted by Gasteiger charge is -2.13. The molecule has 21 heavy (non-hydrogen) atoms. The van der Waals surface area contributed by atoms with Gasteiger partial charge in [-0.2, -0.15) is 0 Å². The molecule has 0 spiro atoms. The highest BCUT2D eigenvalue weighted by Crippen LogP contribution is 2.21. The van der Waals surface area contributed by atoms with Crippen LogP contribution in [-0.4, -0.2) is 12.6 Å². The van der Waals surface area contributed by atoms with E-state index in [4.69, 9.17) is 10.5 Å². The molecule has 1 unspecified atom stereocenters. The normalized spacial score (nSPS) is 12.4. The molecular weight excluding hydrogens is 265 g/mol. The molecule has 0 aliphatic rings. The molecule has 1 aromatic rings. The van der Waals surface area contributed by atoms with Crippen molar-refractivity contribution in [3.8, 4) is 5.75 Å². The van der Waals surface area contributed by atoms with Gasteiger partial charge in [-0.1, -0.05) is 45.4 Å². The van der Waals surface area contributed by atoms with Crippen LogP contribution >= 0.6 is 0 Å². The molecule has 2 nitrogen and oxygen atoms in total. The highest BCUT2D eigenvalue weighted by molar-refractivity contribution is 5.34. The van der Waals surface area contributed by atoms with Crippen LogP contribution in [0.5, 0.6) is 5.75 Å². The number of unbranched alkanes of at least 4 members (excludes halogenated alkanes) is 6. The average molecular weight is 295 g/mol. The van der Waals surface area contributed by atoms with Crippen molar-refractivity contribution in [1.29, 1.82) is 0 Å². The van der Waals surface area contributed by atoms with Crippen molar-refractivity contribution >= 4 is 0 Å². The number of nitrogens with two attached hydrogens (primary N) is 1. The van der Waals surface area contributed by atoms with E-state index in [1.165, 1.54) is 50.7 Å². The van der Waals surface area contributed by atoms with Gasteiger partial charge in [0.05, 0.1) is 6.61 Å². The summed E-state index contributed by atoms with van der Waals surface area (Å²) in [6.45, 7) is 4.85. The highest BCUT2D eigenvalue weighted by Gasteiger charge is 2.07. The molecule has 0 saturated carbocycles. The SMILES string of the molecule is CCCCCCCCCOc1ccc(F)cc1CC(C)N. The molecule has 0 amide bonds. The van der Waals surface area contributed by atoms with Gasteiger partial charge in [-0.3, -0.25) is 0 Å². The maximum absolute atomic E-state index is 13.3. The van der Waals surface area contributed by atoms with Gasteiger partial charge < -0.3 is 10.5 Å². The lowest BCUT2D eigenvalue weighted by atomic mass is 10.1. The molecule has 0 aliphatic carbocycles. The molecule has 0 bridgehead atoms. The van der Waals surface area contributed by atoms with Crippen LogP contribution < -0.4 is 10.5 Å². The fourth-order valence-electron chi connectivity index (χ4n) is 2.44. The van der Waals surface area contributed by atoms with Crippen molar-refractivity contribution in [2.24, 2.45) is 5.73 Å². The van der Waals surface area contributed by atoms with Crippen molar-refractivity contribution in [2.45, 2.75) is 71.3 Å². The molecule has 1 atom stereocenters. The molecule has 120 valence electrons. The van der Waals surface area contributed by atoms with Gasteiger partial charge in [0, 0.05) is 6.04 Å². The van der Waals surface area contributed by atoms with Crippen molar-refractivity contribution < 1.29 is 9.13 Å². The van der Waals surface area contributed by atoms with Gasteiger partial charge in [0.15, 0.2) is 0 Å². The van der Waals surface area contributed by atoms with Crippen molar-refractivity contribution in [3.63, 3.8) is 0 Å². The van der Waals surface area contributed by atoms with Gasteiger partial charge in [0.2, 0.25) is 0 Å². The molecule has 1 aromatic carbocycles. The molecule has 2 N–H and O–H groups in total. The minimum Gasteiger partial charge on any atom is -0.493 e. The van der Waals surface area contributed by atoms with Gasteiger partial charge in [-0.25, -0.2) is 4.39 Å². The Bertz CT molecular complexity index is 393. The van der Waals surface area contributed by atoms with Crippen molar-refractivity contribution in [2.75, 3.05) is 6.61 Å². The quantitative estimate of drug-likeness (QED) is 0.593. The highest BCUT2D eigenvalue weighted by atomic mass is 19.1. The van der Waals surface area contributed by atoms with E-state index >= 15 is 0 Å². The standard InChI is InChI=1S/C18H30FNO/c1-3-4-5-6-7-8-9-12-21-18-11-10-17(19)14-16(18)13-15(2)20/h10-11,14-15H,3-9,12-13,20H2,1-2H3. The fraction of sp³-hybridized carbons (Fsp3) is 0.667. The summed E-state index contributed by atoms with van der Waals surface area (Å²) in [5.41, 5.74) is 6.67. The lowest BCUT2D eigenvalue weighted by Crippen LogP contribution is -2.18. The summed E-state index contributed by atoms with van der Waals surface area (Å²) in [6, 6.07) is 4.70. The first-order valence-corrected chi connectivity index (χ1v) is 8.30. The first kappa shape index (κ1) is 18.0. The van der Waals surface area contributed by atoms with Gasteiger partial charge in [0.1, 0.15) is 11.6 Å². The molecule has 1 rings (SSSR count). The average Bonchev–Trinajstić information content (AvgIpc) is 2.43. The van der Waals surface area contributed by atoms with Crippen LogP contribution in [0.3, 0.4) is 0 Å². The maximum Gasteiger partial charge on any atom is 0.123 e. The van der Waals surface area contributed by atoms with Crippen LogP contribution in [0.2, 0.25) is 0 Å². The van der Waals surface area contributed by atoms with Crippen LogP contribution in [0.25, 0.3) is 0 Å². The van der Waals surface area contributed by atoms with E-state index in [0.717, 1.165) is 17.7 Å². The smallest absolute Gasteiger partial charge is 0.123 e. The molecular formula is C18H30FNO. The topological polar surface area (TPSA) is 35.2 Å². The van der Waals surface area contributed by atoms with E-state index in [-0.39, 0.29) is 11.9 Å². The minimum absolute atomic E-state index is 0.00714. The van der Waals surface area contributed by atoms with Gasteiger partial charge in [0.25, 0.3) is 0 Å². The Morgan fingerprint density at radius 3 is 2.43 bits per heavy atom. The second-order valence-corrected chi connectivity index (χ2v) is 5.90. The Morgan fingerprint density at radius 1 is 1.10 bits per heavy atom. The summed E-state index contributed by atoms with van der Waals surface area (Å²) < 4.78 is 19.1. The van der Waals surface area contributed by atoms with E-state index in [1.54, 1.807) is 6.07 Å². The van der Waals surface area contributed by atoms with Crippen LogP contribution in [0.1, 0.15) is 64.4 Å². The van der Waals surface area contributed by atoms with Crippen LogP contribution in [-0.2, 0) is 6.42 Å². The van der Waals surface area contributed by atoms with Crippen LogP contribution in [0, 0.1) is 5.82 Å². The van der Waals surface area contributed by atoms with Gasteiger partial charge >= 0.3 is 0 Å². The molecule has 0 saturated heterocycles. The summed E-state index contributed by atoms with van der Waals surface area (Å²) in [5, 5.41) is 0. The third kappa shape index (κ3) is 8.05. The Balaban J connectivity index is 2.28. The van der Waals surface area contributed by atoms with Gasteiger partial charge in [-0.05, 0) is 43.5 Å².